The van der Waals surface area contributed by atoms with Gasteiger partial charge in [0.25, 0.3) is 0 Å². The molecular weight excluding hydrogens is 514 g/mol. The molecule has 2 heterocycles. The molecule has 2 atom stereocenters. The highest BCUT2D eigenvalue weighted by molar-refractivity contribution is 7.10. The van der Waals surface area contributed by atoms with Crippen molar-refractivity contribution in [1.82, 2.24) is 5.32 Å². The minimum absolute atomic E-state index is 0.0230. The van der Waals surface area contributed by atoms with Crippen molar-refractivity contribution >= 4 is 23.1 Å². The Morgan fingerprint density at radius 3 is 2.41 bits per heavy atom. The Bertz CT molecular complexity index is 1440. The summed E-state index contributed by atoms with van der Waals surface area (Å²) in [4.78, 5) is 28.6. The van der Waals surface area contributed by atoms with Gasteiger partial charge in [-0.2, -0.15) is 0 Å². The number of hydrogen-bond acceptors (Lipinski definition) is 8. The van der Waals surface area contributed by atoms with Crippen LogP contribution in [0.1, 0.15) is 47.6 Å². The monoisotopic (exact) mass is 545 g/mol. The molecule has 0 saturated heterocycles. The molecule has 0 amide bonds. The number of carbonyl (C=O) groups is 2. The van der Waals surface area contributed by atoms with E-state index in [2.05, 4.69) is 11.4 Å². The molecule has 0 fully saturated rings. The number of methoxy groups -OCH3 is 3. The van der Waals surface area contributed by atoms with Gasteiger partial charge >= 0.3 is 5.97 Å². The zero-order valence-corrected chi connectivity index (χ0v) is 23.2. The fraction of sp³-hybridized carbons (Fsp3) is 0.290. The summed E-state index contributed by atoms with van der Waals surface area (Å²) in [7, 11) is 4.74. The molecular formula is C31H31NO6S. The van der Waals surface area contributed by atoms with Gasteiger partial charge < -0.3 is 24.3 Å². The van der Waals surface area contributed by atoms with Gasteiger partial charge in [-0.15, -0.1) is 11.3 Å². The van der Waals surface area contributed by atoms with Gasteiger partial charge in [0.15, 0.2) is 17.3 Å². The molecule has 1 aliphatic carbocycles. The smallest absolute Gasteiger partial charge is 0.337 e. The molecule has 0 unspecified atom stereocenters. The molecule has 0 radical (unpaired) electrons. The van der Waals surface area contributed by atoms with E-state index in [4.69, 9.17) is 18.9 Å². The summed E-state index contributed by atoms with van der Waals surface area (Å²) < 4.78 is 22.0. The molecule has 0 bridgehead atoms. The third kappa shape index (κ3) is 5.29. The van der Waals surface area contributed by atoms with Crippen molar-refractivity contribution in [2.45, 2.75) is 38.2 Å². The number of thiophene rings is 1. The van der Waals surface area contributed by atoms with Crippen LogP contribution in [0.3, 0.4) is 0 Å². The number of rotatable bonds is 8. The maximum absolute atomic E-state index is 13.8. The first-order valence-electron chi connectivity index (χ1n) is 12.7. The van der Waals surface area contributed by atoms with E-state index in [9.17, 15) is 9.59 Å². The molecule has 202 valence electrons. The molecule has 0 spiro atoms. The van der Waals surface area contributed by atoms with Gasteiger partial charge in [0.05, 0.1) is 26.9 Å². The first-order chi connectivity index (χ1) is 18.9. The third-order valence-corrected chi connectivity index (χ3v) is 8.30. The topological polar surface area (TPSA) is 83.1 Å². The van der Waals surface area contributed by atoms with Crippen LogP contribution >= 0.6 is 11.3 Å². The van der Waals surface area contributed by atoms with Gasteiger partial charge in [0, 0.05) is 40.1 Å². The van der Waals surface area contributed by atoms with Crippen LogP contribution in [0.2, 0.25) is 0 Å². The van der Waals surface area contributed by atoms with Gasteiger partial charge in [0.1, 0.15) is 12.4 Å². The van der Waals surface area contributed by atoms with Crippen LogP contribution in [0.25, 0.3) is 0 Å². The van der Waals surface area contributed by atoms with Gasteiger partial charge in [-0.3, -0.25) is 4.79 Å². The predicted octanol–water partition coefficient (Wildman–Crippen LogP) is 5.88. The quantitative estimate of drug-likeness (QED) is 0.354. The van der Waals surface area contributed by atoms with E-state index in [0.717, 1.165) is 22.6 Å². The van der Waals surface area contributed by atoms with E-state index in [1.807, 2.05) is 54.8 Å². The Hall–Kier alpha value is -4.04. The summed E-state index contributed by atoms with van der Waals surface area (Å²) in [6.07, 6.45) is 1.08. The predicted molar refractivity (Wildman–Crippen MR) is 149 cm³/mol. The number of hydrogen-bond donors (Lipinski definition) is 1. The van der Waals surface area contributed by atoms with Crippen molar-refractivity contribution in [1.29, 1.82) is 0 Å². The second-order valence-electron chi connectivity index (χ2n) is 9.57. The number of Topliss-reactive ketones (excluding diaryl/α,β-unsaturated/α-hetero) is 1. The lowest BCUT2D eigenvalue weighted by atomic mass is 9.72. The highest BCUT2D eigenvalue weighted by Crippen LogP contribution is 2.47. The molecule has 7 nitrogen and oxygen atoms in total. The molecule has 2 aliphatic rings. The number of carbonyl (C=O) groups excluding carboxylic acids is 2. The second kappa shape index (κ2) is 11.4. The zero-order chi connectivity index (χ0) is 27.5. The molecule has 8 heteroatoms. The van der Waals surface area contributed by atoms with Crippen LogP contribution in [0.4, 0.5) is 0 Å². The average molecular weight is 546 g/mol. The maximum atomic E-state index is 13.8. The number of ketones is 1. The summed E-state index contributed by atoms with van der Waals surface area (Å²) in [5, 5.41) is 5.44. The standard InChI is InChI=1S/C31H31NO6S/c1-18-28(31(34)38-17-19-7-10-22(35-2)11-8-19)29(20-9-12-25(36-3)26(16-20)37-4)30-23(32-18)14-21(15-24(30)33)27-6-5-13-39-27/h5-13,16,21,29,32H,14-15,17H2,1-4H3/t21-,29-/m1/s1. The van der Waals surface area contributed by atoms with Crippen molar-refractivity contribution in [3.63, 3.8) is 0 Å². The van der Waals surface area contributed by atoms with Crippen LogP contribution in [-0.2, 0) is 20.9 Å². The van der Waals surface area contributed by atoms with Crippen molar-refractivity contribution in [2.24, 2.45) is 0 Å². The minimum atomic E-state index is -0.596. The summed E-state index contributed by atoms with van der Waals surface area (Å²) in [5.74, 6) is 0.878. The van der Waals surface area contributed by atoms with Gasteiger partial charge in [-0.05, 0) is 60.2 Å². The molecule has 39 heavy (non-hydrogen) atoms. The number of dihydropyridines is 1. The largest absolute Gasteiger partial charge is 0.497 e. The lowest BCUT2D eigenvalue weighted by Crippen LogP contribution is -2.36. The van der Waals surface area contributed by atoms with E-state index >= 15 is 0 Å². The minimum Gasteiger partial charge on any atom is -0.497 e. The Labute approximate surface area is 232 Å². The van der Waals surface area contributed by atoms with E-state index in [1.165, 1.54) is 4.88 Å². The third-order valence-electron chi connectivity index (χ3n) is 7.26. The summed E-state index contributed by atoms with van der Waals surface area (Å²) >= 11 is 1.66. The van der Waals surface area contributed by atoms with Crippen LogP contribution in [0.5, 0.6) is 17.2 Å². The van der Waals surface area contributed by atoms with E-state index in [-0.39, 0.29) is 18.3 Å². The van der Waals surface area contributed by atoms with Gasteiger partial charge in [0.2, 0.25) is 0 Å². The summed E-state index contributed by atoms with van der Waals surface area (Å²) in [6.45, 7) is 1.96. The lowest BCUT2D eigenvalue weighted by Gasteiger charge is -2.36. The summed E-state index contributed by atoms with van der Waals surface area (Å²) in [6, 6.07) is 17.0. The second-order valence-corrected chi connectivity index (χ2v) is 10.6. The van der Waals surface area contributed by atoms with Crippen LogP contribution in [0.15, 0.2) is 82.5 Å². The van der Waals surface area contributed by atoms with E-state index < -0.39 is 11.9 Å². The molecule has 5 rings (SSSR count). The lowest BCUT2D eigenvalue weighted by molar-refractivity contribution is -0.140. The van der Waals surface area contributed by atoms with Gasteiger partial charge in [-0.1, -0.05) is 24.3 Å². The number of benzene rings is 2. The van der Waals surface area contributed by atoms with Crippen LogP contribution in [-0.4, -0.2) is 33.1 Å². The molecule has 3 aromatic rings. The Kier molecular flexibility index (Phi) is 7.74. The van der Waals surface area contributed by atoms with Crippen LogP contribution in [0, 0.1) is 0 Å². The van der Waals surface area contributed by atoms with E-state index in [0.29, 0.717) is 41.2 Å². The highest BCUT2D eigenvalue weighted by atomic mass is 32.1. The molecule has 1 aromatic heterocycles. The first-order valence-corrected chi connectivity index (χ1v) is 13.6. The zero-order valence-electron chi connectivity index (χ0n) is 22.4. The molecule has 1 N–H and O–H groups in total. The summed E-state index contributed by atoms with van der Waals surface area (Å²) in [5.41, 5.74) is 4.15. The van der Waals surface area contributed by atoms with Crippen LogP contribution < -0.4 is 19.5 Å². The number of esters is 1. The highest BCUT2D eigenvalue weighted by Gasteiger charge is 2.42. The molecule has 2 aromatic carbocycles. The van der Waals surface area contributed by atoms with Crippen molar-refractivity contribution < 1.29 is 28.5 Å². The van der Waals surface area contributed by atoms with Crippen molar-refractivity contribution in [3.8, 4) is 17.2 Å². The fourth-order valence-electron chi connectivity index (χ4n) is 5.35. The number of ether oxygens (including phenoxy) is 4. The number of nitrogens with one attached hydrogen (secondary N) is 1. The normalized spacial score (nSPS) is 18.8. The molecule has 0 saturated carbocycles. The first kappa shape index (κ1) is 26.6. The fourth-order valence-corrected chi connectivity index (χ4v) is 6.18. The Balaban J connectivity index is 1.52. The molecule has 1 aliphatic heterocycles. The SMILES string of the molecule is COc1ccc(COC(=O)C2=C(C)NC3=C(C(=O)C[C@H](c4cccs4)C3)[C@@H]2c2ccc(OC)c(OC)c2)cc1. The number of allylic oxidation sites excluding steroid dienone is 3. The van der Waals surface area contributed by atoms with Crippen molar-refractivity contribution in [2.75, 3.05) is 21.3 Å². The van der Waals surface area contributed by atoms with Gasteiger partial charge in [-0.25, -0.2) is 4.79 Å². The maximum Gasteiger partial charge on any atom is 0.337 e. The van der Waals surface area contributed by atoms with E-state index in [1.54, 1.807) is 38.7 Å². The Morgan fingerprint density at radius 2 is 1.74 bits per heavy atom. The van der Waals surface area contributed by atoms with Crippen molar-refractivity contribution in [3.05, 3.63) is 98.5 Å². The average Bonchev–Trinajstić information content (AvgIpc) is 3.50. The Morgan fingerprint density at radius 1 is 0.974 bits per heavy atom.